The summed E-state index contributed by atoms with van der Waals surface area (Å²) in [5, 5.41) is 12.6. The van der Waals surface area contributed by atoms with E-state index >= 15 is 0 Å². The van der Waals surface area contributed by atoms with Crippen LogP contribution in [0.4, 0.5) is 0 Å². The number of carbonyl (C=O) groups excluding carboxylic acids is 1. The van der Waals surface area contributed by atoms with Crippen LogP contribution in [0.15, 0.2) is 65.6 Å². The lowest BCUT2D eigenvalue weighted by molar-refractivity contribution is -0.141. The number of nitrogens with zero attached hydrogens (tertiary/aromatic N) is 1. The lowest BCUT2D eigenvalue weighted by Gasteiger charge is -2.29. The van der Waals surface area contributed by atoms with E-state index in [4.69, 9.17) is 0 Å². The van der Waals surface area contributed by atoms with Crippen molar-refractivity contribution >= 4 is 28.0 Å². The molecule has 0 heterocycles. The Bertz CT molecular complexity index is 1060. The number of benzene rings is 2. The third-order valence-corrected chi connectivity index (χ3v) is 7.12. The van der Waals surface area contributed by atoms with Gasteiger partial charge in [-0.05, 0) is 55.9 Å². The van der Waals surface area contributed by atoms with Crippen LogP contribution in [0.2, 0.25) is 0 Å². The number of aryl methyl sites for hydroxylation is 1. The molecule has 2 aromatic rings. The minimum absolute atomic E-state index is 0.0437. The minimum atomic E-state index is -3.97. The van der Waals surface area contributed by atoms with Crippen molar-refractivity contribution in [3.8, 4) is 0 Å². The zero-order valence-corrected chi connectivity index (χ0v) is 20.8. The molecule has 8 heteroatoms. The van der Waals surface area contributed by atoms with Crippen LogP contribution in [0.25, 0.3) is 6.08 Å². The van der Waals surface area contributed by atoms with Gasteiger partial charge in [0, 0.05) is 19.2 Å². The number of carboxylic acid groups (broad SMARTS) is 1. The number of hydrogen-bond acceptors (Lipinski definition) is 4. The summed E-state index contributed by atoms with van der Waals surface area (Å²) in [6.07, 6.45) is 4.32. The molecule has 1 amide bonds. The monoisotopic (exact) mass is 486 g/mol. The van der Waals surface area contributed by atoms with Gasteiger partial charge in [0.25, 0.3) is 0 Å². The molecule has 2 aromatic carbocycles. The zero-order chi connectivity index (χ0) is 25.1. The van der Waals surface area contributed by atoms with E-state index in [1.165, 1.54) is 18.2 Å². The lowest BCUT2D eigenvalue weighted by Crippen LogP contribution is -2.46. The average molecular weight is 487 g/mol. The standard InChI is InChI=1S/C26H34N2O5S/c1-20(2)19-28(34(32,33)23-15-12-21(3)13-16-23)24(26(30)31)11-7-8-18-27-25(29)17-14-22-9-5-4-6-10-22/h4-6,9-10,12-17,20,24H,7-8,11,18-19H2,1-3H3,(H,27,29)(H,30,31)/b17-14+/t24-/m0/s1. The van der Waals surface area contributed by atoms with Gasteiger partial charge in [0.1, 0.15) is 6.04 Å². The Morgan fingerprint density at radius 3 is 2.26 bits per heavy atom. The number of nitrogens with one attached hydrogen (secondary N) is 1. The number of carbonyl (C=O) groups is 2. The van der Waals surface area contributed by atoms with E-state index in [1.54, 1.807) is 18.2 Å². The molecule has 0 spiro atoms. The normalized spacial score (nSPS) is 12.9. The van der Waals surface area contributed by atoms with E-state index in [0.29, 0.717) is 19.4 Å². The predicted molar refractivity (Wildman–Crippen MR) is 134 cm³/mol. The van der Waals surface area contributed by atoms with Crippen molar-refractivity contribution in [1.29, 1.82) is 0 Å². The van der Waals surface area contributed by atoms with Crippen molar-refractivity contribution < 1.29 is 23.1 Å². The van der Waals surface area contributed by atoms with Crippen LogP contribution in [-0.4, -0.2) is 48.8 Å². The highest BCUT2D eigenvalue weighted by atomic mass is 32.2. The second kappa shape index (κ2) is 13.1. The van der Waals surface area contributed by atoms with E-state index in [-0.39, 0.29) is 29.7 Å². The Balaban J connectivity index is 1.98. The second-order valence-corrected chi connectivity index (χ2v) is 10.6. The highest BCUT2D eigenvalue weighted by Gasteiger charge is 2.35. The van der Waals surface area contributed by atoms with E-state index in [2.05, 4.69) is 5.32 Å². The number of hydrogen-bond donors (Lipinski definition) is 2. The number of sulfonamides is 1. The molecule has 34 heavy (non-hydrogen) atoms. The summed E-state index contributed by atoms with van der Waals surface area (Å²) in [7, 11) is -3.97. The maximum atomic E-state index is 13.3. The summed E-state index contributed by atoms with van der Waals surface area (Å²) in [6, 6.07) is 14.7. The van der Waals surface area contributed by atoms with Crippen LogP contribution in [0.1, 0.15) is 44.2 Å². The average Bonchev–Trinajstić information content (AvgIpc) is 2.79. The second-order valence-electron chi connectivity index (χ2n) is 8.67. The minimum Gasteiger partial charge on any atom is -0.480 e. The molecule has 7 nitrogen and oxygen atoms in total. The Kier molecular flexibility index (Phi) is 10.5. The molecule has 2 rings (SSSR count). The maximum Gasteiger partial charge on any atom is 0.322 e. The molecule has 0 fully saturated rings. The molecular weight excluding hydrogens is 452 g/mol. The predicted octanol–water partition coefficient (Wildman–Crippen LogP) is 4.09. The fraction of sp³-hybridized carbons (Fsp3) is 0.385. The van der Waals surface area contributed by atoms with Crippen molar-refractivity contribution in [2.24, 2.45) is 5.92 Å². The molecule has 184 valence electrons. The number of rotatable bonds is 13. The summed E-state index contributed by atoms with van der Waals surface area (Å²) in [5.74, 6) is -1.45. The van der Waals surface area contributed by atoms with Gasteiger partial charge in [-0.1, -0.05) is 61.9 Å². The Labute approximate surface area is 202 Å². The first-order chi connectivity index (χ1) is 16.1. The van der Waals surface area contributed by atoms with E-state index in [1.807, 2.05) is 51.1 Å². The molecule has 2 N–H and O–H groups in total. The number of aliphatic carboxylic acids is 1. The van der Waals surface area contributed by atoms with Crippen LogP contribution >= 0.6 is 0 Å². The van der Waals surface area contributed by atoms with Crippen molar-refractivity contribution in [1.82, 2.24) is 9.62 Å². The summed E-state index contributed by atoms with van der Waals surface area (Å²) in [4.78, 5) is 24.1. The number of carboxylic acids is 1. The highest BCUT2D eigenvalue weighted by molar-refractivity contribution is 7.89. The van der Waals surface area contributed by atoms with Crippen LogP contribution < -0.4 is 5.32 Å². The fourth-order valence-electron chi connectivity index (χ4n) is 3.46. The van der Waals surface area contributed by atoms with Gasteiger partial charge in [0.05, 0.1) is 4.90 Å². The quantitative estimate of drug-likeness (QED) is 0.328. The Morgan fingerprint density at radius 1 is 1.03 bits per heavy atom. The molecule has 0 radical (unpaired) electrons. The van der Waals surface area contributed by atoms with Gasteiger partial charge in [-0.3, -0.25) is 9.59 Å². The topological polar surface area (TPSA) is 104 Å². The van der Waals surface area contributed by atoms with Crippen LogP contribution in [0.3, 0.4) is 0 Å². The van der Waals surface area contributed by atoms with Gasteiger partial charge >= 0.3 is 5.97 Å². The first kappa shape index (κ1) is 27.3. The van der Waals surface area contributed by atoms with Gasteiger partial charge in [-0.15, -0.1) is 0 Å². The maximum absolute atomic E-state index is 13.3. The molecule has 1 atom stereocenters. The van der Waals surface area contributed by atoms with E-state index in [9.17, 15) is 23.1 Å². The smallest absolute Gasteiger partial charge is 0.322 e. The molecule has 0 aliphatic rings. The van der Waals surface area contributed by atoms with E-state index < -0.39 is 22.0 Å². The molecule has 0 aromatic heterocycles. The summed E-state index contributed by atoms with van der Waals surface area (Å²) in [6.45, 7) is 6.05. The third-order valence-electron chi connectivity index (χ3n) is 5.24. The van der Waals surface area contributed by atoms with Crippen LogP contribution in [-0.2, 0) is 19.6 Å². The molecule has 0 aliphatic carbocycles. The summed E-state index contributed by atoms with van der Waals surface area (Å²) < 4.78 is 27.7. The first-order valence-corrected chi connectivity index (χ1v) is 12.9. The van der Waals surface area contributed by atoms with Gasteiger partial charge < -0.3 is 10.4 Å². The number of unbranched alkanes of at least 4 members (excludes halogenated alkanes) is 1. The van der Waals surface area contributed by atoms with E-state index in [0.717, 1.165) is 15.4 Å². The van der Waals surface area contributed by atoms with Crippen molar-refractivity contribution in [3.05, 3.63) is 71.8 Å². The molecule has 0 saturated heterocycles. The van der Waals surface area contributed by atoms with Crippen molar-refractivity contribution in [3.63, 3.8) is 0 Å². The van der Waals surface area contributed by atoms with Gasteiger partial charge in [0.15, 0.2) is 0 Å². The lowest BCUT2D eigenvalue weighted by atomic mass is 10.1. The molecule has 0 saturated carbocycles. The van der Waals surface area contributed by atoms with Gasteiger partial charge in [-0.25, -0.2) is 8.42 Å². The molecular formula is C26H34N2O5S. The molecule has 0 bridgehead atoms. The molecule has 0 unspecified atom stereocenters. The van der Waals surface area contributed by atoms with Gasteiger partial charge in [0.2, 0.25) is 15.9 Å². The zero-order valence-electron chi connectivity index (χ0n) is 20.0. The Hall–Kier alpha value is -2.97. The summed E-state index contributed by atoms with van der Waals surface area (Å²) >= 11 is 0. The molecule has 0 aliphatic heterocycles. The van der Waals surface area contributed by atoms with Gasteiger partial charge in [-0.2, -0.15) is 4.31 Å². The summed E-state index contributed by atoms with van der Waals surface area (Å²) in [5.41, 5.74) is 1.84. The highest BCUT2D eigenvalue weighted by Crippen LogP contribution is 2.23. The Morgan fingerprint density at radius 2 is 1.68 bits per heavy atom. The fourth-order valence-corrected chi connectivity index (χ4v) is 5.23. The first-order valence-electron chi connectivity index (χ1n) is 11.4. The van der Waals surface area contributed by atoms with Crippen LogP contribution in [0, 0.1) is 12.8 Å². The van der Waals surface area contributed by atoms with Crippen molar-refractivity contribution in [2.75, 3.05) is 13.1 Å². The van der Waals surface area contributed by atoms with Crippen molar-refractivity contribution in [2.45, 2.75) is 51.0 Å². The number of amides is 1. The van der Waals surface area contributed by atoms with Crippen LogP contribution in [0.5, 0.6) is 0 Å². The third kappa shape index (κ3) is 8.43. The largest absolute Gasteiger partial charge is 0.480 e. The SMILES string of the molecule is Cc1ccc(S(=O)(=O)N(CC(C)C)[C@@H](CCCCNC(=O)/C=C/c2ccccc2)C(=O)O)cc1.